The van der Waals surface area contributed by atoms with E-state index < -0.39 is 0 Å². The average molecular weight is 280 g/mol. The Kier molecular flexibility index (Phi) is 9.62. The summed E-state index contributed by atoms with van der Waals surface area (Å²) in [5, 5.41) is 0. The van der Waals surface area contributed by atoms with Crippen molar-refractivity contribution in [2.45, 2.75) is 33.1 Å². The van der Waals surface area contributed by atoms with Gasteiger partial charge in [-0.05, 0) is 48.5 Å². The lowest BCUT2D eigenvalue weighted by Gasteiger charge is -2.14. The van der Waals surface area contributed by atoms with Crippen molar-refractivity contribution in [3.05, 3.63) is 97.2 Å². The van der Waals surface area contributed by atoms with Gasteiger partial charge in [-0.3, -0.25) is 0 Å². The van der Waals surface area contributed by atoms with E-state index in [1.807, 2.05) is 19.1 Å². The minimum atomic E-state index is 0.773. The summed E-state index contributed by atoms with van der Waals surface area (Å²) in [7, 11) is 0. The Hall–Kier alpha value is -2.08. The quantitative estimate of drug-likeness (QED) is 0.310. The van der Waals surface area contributed by atoms with E-state index >= 15 is 0 Å². The zero-order valence-electron chi connectivity index (χ0n) is 13.6. The summed E-state index contributed by atoms with van der Waals surface area (Å²) >= 11 is 0. The van der Waals surface area contributed by atoms with Crippen molar-refractivity contribution in [2.75, 3.05) is 0 Å². The van der Waals surface area contributed by atoms with Crippen LogP contribution < -0.4 is 0 Å². The molecule has 0 saturated carbocycles. The summed E-state index contributed by atoms with van der Waals surface area (Å²) in [6, 6.07) is 0. The van der Waals surface area contributed by atoms with Crippen molar-refractivity contribution in [1.82, 2.24) is 0 Å². The molecule has 0 aromatic carbocycles. The zero-order chi connectivity index (χ0) is 16.3. The molecule has 0 nitrogen and oxygen atoms in total. The van der Waals surface area contributed by atoms with Gasteiger partial charge in [0.2, 0.25) is 0 Å². The van der Waals surface area contributed by atoms with Gasteiger partial charge < -0.3 is 0 Å². The predicted molar refractivity (Wildman–Crippen MR) is 98.3 cm³/mol. The Morgan fingerprint density at radius 1 is 0.952 bits per heavy atom. The molecule has 0 aromatic heterocycles. The first kappa shape index (κ1) is 18.9. The first-order valence-electron chi connectivity index (χ1n) is 7.31. The highest BCUT2D eigenvalue weighted by Gasteiger charge is 2.07. The van der Waals surface area contributed by atoms with Crippen LogP contribution in [-0.2, 0) is 0 Å². The molecule has 0 spiro atoms. The molecule has 0 aromatic rings. The molecule has 0 rings (SSSR count). The summed E-state index contributed by atoms with van der Waals surface area (Å²) in [5.41, 5.74) is 5.47. The fourth-order valence-corrected chi connectivity index (χ4v) is 1.96. The van der Waals surface area contributed by atoms with Gasteiger partial charge in [-0.25, -0.2) is 0 Å². The van der Waals surface area contributed by atoms with Crippen molar-refractivity contribution < 1.29 is 0 Å². The second kappa shape index (κ2) is 10.7. The average Bonchev–Trinajstić information content (AvgIpc) is 2.48. The molecule has 0 amide bonds. The standard InChI is InChI=1S/C21H28/c1-8-12-14-19(11-4)15-16-20(17(5)6)21(13-9-2)18(7)10-3/h9-12,14-15H,2-5,7-8,13,16H2,1,6H3. The van der Waals surface area contributed by atoms with Crippen LogP contribution in [0, 0.1) is 0 Å². The Morgan fingerprint density at radius 2 is 1.62 bits per heavy atom. The van der Waals surface area contributed by atoms with Gasteiger partial charge in [0.25, 0.3) is 0 Å². The number of hydrogen-bond acceptors (Lipinski definition) is 0. The van der Waals surface area contributed by atoms with E-state index in [9.17, 15) is 0 Å². The van der Waals surface area contributed by atoms with E-state index in [1.54, 1.807) is 6.08 Å². The van der Waals surface area contributed by atoms with Crippen LogP contribution in [0.3, 0.4) is 0 Å². The highest BCUT2D eigenvalue weighted by molar-refractivity contribution is 5.48. The Balaban J connectivity index is 5.61. The highest BCUT2D eigenvalue weighted by Crippen LogP contribution is 2.26. The van der Waals surface area contributed by atoms with Crippen LogP contribution in [0.15, 0.2) is 97.2 Å². The van der Waals surface area contributed by atoms with E-state index in [0.717, 1.165) is 41.6 Å². The molecule has 0 bridgehead atoms. The molecule has 0 heteroatoms. The maximum absolute atomic E-state index is 4.10. The Morgan fingerprint density at radius 3 is 2.05 bits per heavy atom. The maximum Gasteiger partial charge on any atom is -0.00830 e. The van der Waals surface area contributed by atoms with Crippen LogP contribution in [0.4, 0.5) is 0 Å². The van der Waals surface area contributed by atoms with Gasteiger partial charge in [0.15, 0.2) is 0 Å². The number of allylic oxidation sites excluding steroid dienone is 11. The van der Waals surface area contributed by atoms with Gasteiger partial charge in [0.1, 0.15) is 0 Å². The van der Waals surface area contributed by atoms with Crippen LogP contribution in [0.2, 0.25) is 0 Å². The maximum atomic E-state index is 4.10. The second-order valence-corrected chi connectivity index (χ2v) is 4.88. The molecule has 0 saturated heterocycles. The second-order valence-electron chi connectivity index (χ2n) is 4.88. The van der Waals surface area contributed by atoms with Crippen molar-refractivity contribution in [3.63, 3.8) is 0 Å². The summed E-state index contributed by atoms with van der Waals surface area (Å²) in [6.45, 7) is 23.8. The van der Waals surface area contributed by atoms with Crippen LogP contribution >= 0.6 is 0 Å². The highest BCUT2D eigenvalue weighted by atomic mass is 14.1. The molecule has 0 N–H and O–H groups in total. The molecule has 0 radical (unpaired) electrons. The first-order chi connectivity index (χ1) is 10.0. The van der Waals surface area contributed by atoms with Crippen molar-refractivity contribution in [3.8, 4) is 0 Å². The molecular weight excluding hydrogens is 252 g/mol. The molecule has 0 aliphatic carbocycles. The van der Waals surface area contributed by atoms with E-state index in [2.05, 4.69) is 58.0 Å². The zero-order valence-corrected chi connectivity index (χ0v) is 13.6. The number of hydrogen-bond donors (Lipinski definition) is 0. The summed E-state index contributed by atoms with van der Waals surface area (Å²) < 4.78 is 0. The van der Waals surface area contributed by atoms with Crippen LogP contribution in [0.5, 0.6) is 0 Å². The smallest absolute Gasteiger partial charge is 0.00830 e. The van der Waals surface area contributed by atoms with Gasteiger partial charge in [-0.2, -0.15) is 0 Å². The molecular formula is C21H28. The Labute approximate surface area is 131 Å². The van der Waals surface area contributed by atoms with E-state index in [0.29, 0.717) is 0 Å². The van der Waals surface area contributed by atoms with Crippen molar-refractivity contribution >= 4 is 0 Å². The first-order valence-corrected chi connectivity index (χ1v) is 7.31. The molecule has 0 atom stereocenters. The molecule has 0 fully saturated rings. The molecule has 112 valence electrons. The SMILES string of the molecule is C=CCC(C(=C)C=C)=C(CC=C(C=C)C=CCC)C(=C)C. The number of rotatable bonds is 10. The molecule has 0 unspecified atom stereocenters. The molecule has 0 aliphatic rings. The van der Waals surface area contributed by atoms with Gasteiger partial charge in [-0.1, -0.05) is 75.3 Å². The lowest BCUT2D eigenvalue weighted by Crippen LogP contribution is -1.95. The molecule has 21 heavy (non-hydrogen) atoms. The van der Waals surface area contributed by atoms with Crippen molar-refractivity contribution in [1.29, 1.82) is 0 Å². The van der Waals surface area contributed by atoms with Crippen LogP contribution in [-0.4, -0.2) is 0 Å². The normalized spacial score (nSPS) is 12.8. The van der Waals surface area contributed by atoms with Gasteiger partial charge >= 0.3 is 0 Å². The Bertz CT molecular complexity index is 504. The van der Waals surface area contributed by atoms with E-state index in [1.165, 1.54) is 5.57 Å². The minimum absolute atomic E-state index is 0.773. The van der Waals surface area contributed by atoms with Gasteiger partial charge in [0, 0.05) is 0 Å². The monoisotopic (exact) mass is 280 g/mol. The summed E-state index contributed by atoms with van der Waals surface area (Å²) in [5.74, 6) is 0. The van der Waals surface area contributed by atoms with Gasteiger partial charge in [0.05, 0.1) is 0 Å². The van der Waals surface area contributed by atoms with E-state index in [4.69, 9.17) is 0 Å². The predicted octanol–water partition coefficient (Wildman–Crippen LogP) is 6.65. The van der Waals surface area contributed by atoms with Crippen LogP contribution in [0.1, 0.15) is 33.1 Å². The largest absolute Gasteiger partial charge is 0.103 e. The summed E-state index contributed by atoms with van der Waals surface area (Å²) in [6.07, 6.45) is 14.5. The fraction of sp³-hybridized carbons (Fsp3) is 0.238. The third-order valence-corrected chi connectivity index (χ3v) is 3.19. The molecule has 0 heterocycles. The van der Waals surface area contributed by atoms with Crippen molar-refractivity contribution in [2.24, 2.45) is 0 Å². The fourth-order valence-electron chi connectivity index (χ4n) is 1.96. The third kappa shape index (κ3) is 6.76. The van der Waals surface area contributed by atoms with E-state index in [-0.39, 0.29) is 0 Å². The lowest BCUT2D eigenvalue weighted by molar-refractivity contribution is 1.10. The third-order valence-electron chi connectivity index (χ3n) is 3.19. The lowest BCUT2D eigenvalue weighted by atomic mass is 9.91. The van der Waals surface area contributed by atoms with Crippen LogP contribution in [0.25, 0.3) is 0 Å². The van der Waals surface area contributed by atoms with Gasteiger partial charge in [-0.15, -0.1) is 6.58 Å². The summed E-state index contributed by atoms with van der Waals surface area (Å²) in [4.78, 5) is 0. The molecule has 0 aliphatic heterocycles. The topological polar surface area (TPSA) is 0 Å². The minimum Gasteiger partial charge on any atom is -0.103 e.